The maximum atomic E-state index is 11.8. The second kappa shape index (κ2) is 11.3. The molecule has 6 heteroatoms. The monoisotopic (exact) mass is 340 g/mol. The Balaban J connectivity index is 2.03. The first kappa shape index (κ1) is 20.7. The van der Waals surface area contributed by atoms with Crippen LogP contribution in [-0.4, -0.2) is 51.3 Å². The van der Waals surface area contributed by atoms with Crippen molar-refractivity contribution in [3.05, 3.63) is 0 Å². The van der Waals surface area contributed by atoms with Gasteiger partial charge in [-0.1, -0.05) is 40.0 Å². The molecule has 0 aromatic carbocycles. The van der Waals surface area contributed by atoms with Crippen LogP contribution in [0.4, 0.5) is 0 Å². The molecule has 3 N–H and O–H groups in total. The summed E-state index contributed by atoms with van der Waals surface area (Å²) in [6.07, 6.45) is 7.87. The molecule has 6 nitrogen and oxygen atoms in total. The summed E-state index contributed by atoms with van der Waals surface area (Å²) in [5, 5.41) is 9.38. The third kappa shape index (κ3) is 9.11. The molecule has 0 unspecified atom stereocenters. The maximum Gasteiger partial charge on any atom is 0.225 e. The molecule has 1 rings (SSSR count). The second-order valence-electron chi connectivity index (χ2n) is 7.42. The fraction of sp³-hybridized carbons (Fsp3) is 0.889. The zero-order valence-electron chi connectivity index (χ0n) is 15.9. The van der Waals surface area contributed by atoms with E-state index in [4.69, 9.17) is 4.74 Å². The molecule has 1 aliphatic carbocycles. The fourth-order valence-corrected chi connectivity index (χ4v) is 2.60. The fourth-order valence-electron chi connectivity index (χ4n) is 2.60. The number of guanidine groups is 1. The Morgan fingerprint density at radius 2 is 1.67 bits per heavy atom. The third-order valence-electron chi connectivity index (χ3n) is 4.13. The molecule has 140 valence electrons. The van der Waals surface area contributed by atoms with Crippen LogP contribution in [0.2, 0.25) is 0 Å². The van der Waals surface area contributed by atoms with Crippen LogP contribution < -0.4 is 16.0 Å². The summed E-state index contributed by atoms with van der Waals surface area (Å²) in [6, 6.07) is 0. The molecule has 1 aliphatic rings. The van der Waals surface area contributed by atoms with Gasteiger partial charge in [-0.25, -0.2) is 0 Å². The SMILES string of the molecule is CN=C(NCCCOC1CCCCC1)NCCNC(=O)C(C)(C)C. The van der Waals surface area contributed by atoms with Crippen molar-refractivity contribution in [3.63, 3.8) is 0 Å². The van der Waals surface area contributed by atoms with Crippen LogP contribution in [0.15, 0.2) is 4.99 Å². The van der Waals surface area contributed by atoms with Gasteiger partial charge in [0.1, 0.15) is 0 Å². The van der Waals surface area contributed by atoms with Crippen LogP contribution in [0.25, 0.3) is 0 Å². The highest BCUT2D eigenvalue weighted by Crippen LogP contribution is 2.20. The molecule has 0 bridgehead atoms. The van der Waals surface area contributed by atoms with E-state index in [-0.39, 0.29) is 11.3 Å². The van der Waals surface area contributed by atoms with Gasteiger partial charge in [-0.3, -0.25) is 9.79 Å². The standard InChI is InChI=1S/C18H36N4O2/c1-18(2,3)16(23)20-12-13-22-17(19-4)21-11-8-14-24-15-9-6-5-7-10-15/h15H,5-14H2,1-4H3,(H,20,23)(H2,19,21,22). The van der Waals surface area contributed by atoms with E-state index in [9.17, 15) is 4.79 Å². The molecule has 0 aromatic heterocycles. The van der Waals surface area contributed by atoms with E-state index in [0.29, 0.717) is 19.2 Å². The average molecular weight is 341 g/mol. The number of nitrogens with one attached hydrogen (secondary N) is 3. The smallest absolute Gasteiger partial charge is 0.225 e. The minimum Gasteiger partial charge on any atom is -0.378 e. The minimum absolute atomic E-state index is 0.0621. The molecule has 24 heavy (non-hydrogen) atoms. The van der Waals surface area contributed by atoms with Crippen molar-refractivity contribution in [1.29, 1.82) is 0 Å². The highest BCUT2D eigenvalue weighted by molar-refractivity contribution is 5.81. The number of carbonyl (C=O) groups excluding carboxylic acids is 1. The first-order valence-corrected chi connectivity index (χ1v) is 9.28. The summed E-state index contributed by atoms with van der Waals surface area (Å²) in [5.41, 5.74) is -0.349. The largest absolute Gasteiger partial charge is 0.378 e. The second-order valence-corrected chi connectivity index (χ2v) is 7.42. The van der Waals surface area contributed by atoms with E-state index in [1.165, 1.54) is 32.1 Å². The molecule has 0 atom stereocenters. The molecule has 1 amide bonds. The lowest BCUT2D eigenvalue weighted by Crippen LogP contribution is -2.43. The maximum absolute atomic E-state index is 11.8. The Morgan fingerprint density at radius 1 is 1.04 bits per heavy atom. The van der Waals surface area contributed by atoms with Gasteiger partial charge in [-0.05, 0) is 19.3 Å². The van der Waals surface area contributed by atoms with Crippen LogP contribution in [-0.2, 0) is 9.53 Å². The van der Waals surface area contributed by atoms with Crippen LogP contribution in [0.1, 0.15) is 59.3 Å². The van der Waals surface area contributed by atoms with Gasteiger partial charge in [0.05, 0.1) is 6.10 Å². The molecule has 0 heterocycles. The van der Waals surface area contributed by atoms with Crippen molar-refractivity contribution >= 4 is 11.9 Å². The topological polar surface area (TPSA) is 74.8 Å². The quantitative estimate of drug-likeness (QED) is 0.359. The van der Waals surface area contributed by atoms with E-state index in [2.05, 4.69) is 20.9 Å². The first-order valence-electron chi connectivity index (χ1n) is 9.28. The third-order valence-corrected chi connectivity index (χ3v) is 4.13. The Bertz CT molecular complexity index is 385. The normalized spacial score (nSPS) is 16.8. The Morgan fingerprint density at radius 3 is 2.29 bits per heavy atom. The van der Waals surface area contributed by atoms with Crippen molar-refractivity contribution in [1.82, 2.24) is 16.0 Å². The van der Waals surface area contributed by atoms with Gasteiger partial charge in [0, 0.05) is 38.7 Å². The van der Waals surface area contributed by atoms with Crippen molar-refractivity contribution in [2.24, 2.45) is 10.4 Å². The van der Waals surface area contributed by atoms with Crippen LogP contribution >= 0.6 is 0 Å². The number of hydrogen-bond donors (Lipinski definition) is 3. The van der Waals surface area contributed by atoms with Crippen molar-refractivity contribution in [2.45, 2.75) is 65.4 Å². The van der Waals surface area contributed by atoms with E-state index in [1.54, 1.807) is 7.05 Å². The van der Waals surface area contributed by atoms with E-state index >= 15 is 0 Å². The molecular formula is C18H36N4O2. The summed E-state index contributed by atoms with van der Waals surface area (Å²) in [6.45, 7) is 8.60. The number of nitrogens with zero attached hydrogens (tertiary/aromatic N) is 1. The molecule has 1 fully saturated rings. The lowest BCUT2D eigenvalue weighted by atomic mass is 9.96. The van der Waals surface area contributed by atoms with Gasteiger partial charge in [0.25, 0.3) is 0 Å². The van der Waals surface area contributed by atoms with Crippen molar-refractivity contribution < 1.29 is 9.53 Å². The van der Waals surface area contributed by atoms with Crippen molar-refractivity contribution in [2.75, 3.05) is 33.3 Å². The zero-order valence-corrected chi connectivity index (χ0v) is 15.9. The van der Waals surface area contributed by atoms with Crippen LogP contribution in [0, 0.1) is 5.41 Å². The molecule has 0 radical (unpaired) electrons. The zero-order chi connectivity index (χ0) is 17.8. The number of amides is 1. The van der Waals surface area contributed by atoms with Crippen LogP contribution in [0.3, 0.4) is 0 Å². The lowest BCUT2D eigenvalue weighted by molar-refractivity contribution is -0.128. The predicted octanol–water partition coefficient (Wildman–Crippen LogP) is 2.05. The van der Waals surface area contributed by atoms with Gasteiger partial charge in [-0.2, -0.15) is 0 Å². The highest BCUT2D eigenvalue weighted by atomic mass is 16.5. The Kier molecular flexibility index (Phi) is 9.76. The lowest BCUT2D eigenvalue weighted by Gasteiger charge is -2.22. The Hall–Kier alpha value is -1.30. The highest BCUT2D eigenvalue weighted by Gasteiger charge is 2.20. The van der Waals surface area contributed by atoms with Gasteiger partial charge in [0.15, 0.2) is 5.96 Å². The molecule has 0 spiro atoms. The first-order chi connectivity index (χ1) is 11.4. The number of ether oxygens (including phenoxy) is 1. The average Bonchev–Trinajstić information content (AvgIpc) is 2.56. The van der Waals surface area contributed by atoms with Crippen LogP contribution in [0.5, 0.6) is 0 Å². The van der Waals surface area contributed by atoms with Gasteiger partial charge in [0.2, 0.25) is 5.91 Å². The summed E-state index contributed by atoms with van der Waals surface area (Å²) >= 11 is 0. The van der Waals surface area contributed by atoms with Crippen molar-refractivity contribution in [3.8, 4) is 0 Å². The van der Waals surface area contributed by atoms with Gasteiger partial charge < -0.3 is 20.7 Å². The number of aliphatic imine (C=N–C) groups is 1. The summed E-state index contributed by atoms with van der Waals surface area (Å²) < 4.78 is 5.91. The molecule has 1 saturated carbocycles. The van der Waals surface area contributed by atoms with E-state index < -0.39 is 0 Å². The number of hydrogen-bond acceptors (Lipinski definition) is 3. The number of rotatable bonds is 8. The predicted molar refractivity (Wildman–Crippen MR) is 99.3 cm³/mol. The van der Waals surface area contributed by atoms with Gasteiger partial charge >= 0.3 is 0 Å². The Labute approximate surface area is 147 Å². The van der Waals surface area contributed by atoms with Gasteiger partial charge in [-0.15, -0.1) is 0 Å². The number of carbonyl (C=O) groups is 1. The molecular weight excluding hydrogens is 304 g/mol. The summed E-state index contributed by atoms with van der Waals surface area (Å²) in [5.74, 6) is 0.824. The molecule has 0 saturated heterocycles. The summed E-state index contributed by atoms with van der Waals surface area (Å²) in [4.78, 5) is 15.9. The molecule has 0 aliphatic heterocycles. The molecule has 0 aromatic rings. The summed E-state index contributed by atoms with van der Waals surface area (Å²) in [7, 11) is 1.75. The van der Waals surface area contributed by atoms with E-state index in [1.807, 2.05) is 20.8 Å². The van der Waals surface area contributed by atoms with E-state index in [0.717, 1.165) is 25.5 Å². The minimum atomic E-state index is -0.349.